The summed E-state index contributed by atoms with van der Waals surface area (Å²) in [6, 6.07) is 6.87. The molecule has 1 nitrogen and oxygen atoms in total. The summed E-state index contributed by atoms with van der Waals surface area (Å²) in [5.41, 5.74) is 10.1. The van der Waals surface area contributed by atoms with Crippen molar-refractivity contribution in [1.82, 2.24) is 0 Å². The van der Waals surface area contributed by atoms with Gasteiger partial charge < -0.3 is 5.73 Å². The van der Waals surface area contributed by atoms with E-state index in [2.05, 4.69) is 32.0 Å². The molecular weight excluding hydrogens is 170 g/mol. The normalized spacial score (nSPS) is 25.1. The second-order valence-corrected chi connectivity index (χ2v) is 4.54. The van der Waals surface area contributed by atoms with Crippen LogP contribution >= 0.6 is 0 Å². The van der Waals surface area contributed by atoms with Crippen molar-refractivity contribution in [3.8, 4) is 0 Å². The minimum atomic E-state index is 0.714. The topological polar surface area (TPSA) is 26.0 Å². The van der Waals surface area contributed by atoms with E-state index in [-0.39, 0.29) is 0 Å². The summed E-state index contributed by atoms with van der Waals surface area (Å²) in [6.45, 7) is 5.31. The van der Waals surface area contributed by atoms with E-state index in [9.17, 15) is 0 Å². The number of aryl methyl sites for hydroxylation is 1. The summed E-state index contributed by atoms with van der Waals surface area (Å²) in [6.07, 6.45) is 2.43. The van der Waals surface area contributed by atoms with Gasteiger partial charge in [-0.3, -0.25) is 0 Å². The summed E-state index contributed by atoms with van der Waals surface area (Å²) < 4.78 is 0. The first-order valence-electron chi connectivity index (χ1n) is 5.53. The molecule has 0 aromatic heterocycles. The Morgan fingerprint density at radius 2 is 2.14 bits per heavy atom. The van der Waals surface area contributed by atoms with Crippen LogP contribution in [0.4, 0.5) is 0 Å². The largest absolute Gasteiger partial charge is 0.330 e. The van der Waals surface area contributed by atoms with Crippen LogP contribution in [-0.2, 0) is 0 Å². The predicted molar refractivity (Wildman–Crippen MR) is 60.6 cm³/mol. The van der Waals surface area contributed by atoms with E-state index in [1.54, 1.807) is 11.1 Å². The van der Waals surface area contributed by atoms with Gasteiger partial charge in [0.05, 0.1) is 0 Å². The zero-order valence-corrected chi connectivity index (χ0v) is 9.09. The van der Waals surface area contributed by atoms with Gasteiger partial charge in [0.1, 0.15) is 0 Å². The fourth-order valence-electron chi connectivity index (χ4n) is 2.65. The van der Waals surface area contributed by atoms with Crippen molar-refractivity contribution in [2.75, 3.05) is 6.54 Å². The average Bonchev–Trinajstić information content (AvgIpc) is 2.44. The third-order valence-electron chi connectivity index (χ3n) is 3.37. The molecule has 1 heteroatoms. The molecule has 76 valence electrons. The first kappa shape index (κ1) is 9.72. The summed E-state index contributed by atoms with van der Waals surface area (Å²) in [7, 11) is 0. The van der Waals surface area contributed by atoms with E-state index in [0.717, 1.165) is 18.9 Å². The van der Waals surface area contributed by atoms with Crippen LogP contribution in [-0.4, -0.2) is 6.54 Å². The maximum Gasteiger partial charge on any atom is -0.00714 e. The Morgan fingerprint density at radius 3 is 2.86 bits per heavy atom. The molecule has 1 aliphatic rings. The highest BCUT2D eigenvalue weighted by Gasteiger charge is 2.27. The monoisotopic (exact) mass is 189 g/mol. The van der Waals surface area contributed by atoms with Crippen molar-refractivity contribution in [3.05, 3.63) is 34.9 Å². The molecule has 1 aromatic carbocycles. The number of benzene rings is 1. The van der Waals surface area contributed by atoms with Gasteiger partial charge in [-0.05, 0) is 49.3 Å². The lowest BCUT2D eigenvalue weighted by molar-refractivity contribution is 0.584. The van der Waals surface area contributed by atoms with E-state index < -0.39 is 0 Å². The van der Waals surface area contributed by atoms with Gasteiger partial charge in [0.2, 0.25) is 0 Å². The van der Waals surface area contributed by atoms with Crippen LogP contribution in [0.2, 0.25) is 0 Å². The van der Waals surface area contributed by atoms with E-state index in [0.29, 0.717) is 5.92 Å². The Kier molecular flexibility index (Phi) is 2.60. The summed E-state index contributed by atoms with van der Waals surface area (Å²) in [5.74, 6) is 1.44. The Hall–Kier alpha value is -0.820. The van der Waals surface area contributed by atoms with Crippen molar-refractivity contribution in [2.24, 2.45) is 5.73 Å². The molecule has 14 heavy (non-hydrogen) atoms. The summed E-state index contributed by atoms with van der Waals surface area (Å²) in [4.78, 5) is 0. The van der Waals surface area contributed by atoms with Gasteiger partial charge in [0.25, 0.3) is 0 Å². The molecule has 2 N–H and O–H groups in total. The van der Waals surface area contributed by atoms with Crippen molar-refractivity contribution in [3.63, 3.8) is 0 Å². The van der Waals surface area contributed by atoms with Crippen LogP contribution in [0, 0.1) is 6.92 Å². The molecule has 0 fully saturated rings. The Morgan fingerprint density at radius 1 is 1.36 bits per heavy atom. The van der Waals surface area contributed by atoms with Crippen molar-refractivity contribution in [2.45, 2.75) is 38.5 Å². The standard InChI is InChI=1S/C13H19N/c1-9-3-4-12-11(5-6-14)8-10(2)13(12)7-9/h3-4,7,10-11H,5-6,8,14H2,1-2H3. The molecule has 0 heterocycles. The maximum atomic E-state index is 5.64. The van der Waals surface area contributed by atoms with Crippen molar-refractivity contribution >= 4 is 0 Å². The van der Waals surface area contributed by atoms with Gasteiger partial charge >= 0.3 is 0 Å². The highest BCUT2D eigenvalue weighted by atomic mass is 14.5. The quantitative estimate of drug-likeness (QED) is 0.760. The molecular formula is C13H19N. The van der Waals surface area contributed by atoms with E-state index >= 15 is 0 Å². The molecule has 0 radical (unpaired) electrons. The van der Waals surface area contributed by atoms with Crippen LogP contribution in [0.25, 0.3) is 0 Å². The van der Waals surface area contributed by atoms with Gasteiger partial charge in [-0.2, -0.15) is 0 Å². The van der Waals surface area contributed by atoms with Crippen LogP contribution < -0.4 is 5.73 Å². The maximum absolute atomic E-state index is 5.64. The van der Waals surface area contributed by atoms with Crippen LogP contribution in [0.3, 0.4) is 0 Å². The molecule has 2 atom stereocenters. The highest BCUT2D eigenvalue weighted by Crippen LogP contribution is 2.43. The van der Waals surface area contributed by atoms with E-state index in [1.165, 1.54) is 12.0 Å². The minimum Gasteiger partial charge on any atom is -0.330 e. The fraction of sp³-hybridized carbons (Fsp3) is 0.538. The Balaban J connectivity index is 2.34. The van der Waals surface area contributed by atoms with Gasteiger partial charge in [-0.1, -0.05) is 30.7 Å². The number of fused-ring (bicyclic) bond motifs is 1. The van der Waals surface area contributed by atoms with E-state index in [1.807, 2.05) is 0 Å². The Labute approximate surface area is 86.3 Å². The van der Waals surface area contributed by atoms with E-state index in [4.69, 9.17) is 5.73 Å². The summed E-state index contributed by atoms with van der Waals surface area (Å²) in [5, 5.41) is 0. The lowest BCUT2D eigenvalue weighted by Gasteiger charge is -2.09. The van der Waals surface area contributed by atoms with Crippen LogP contribution in [0.1, 0.15) is 48.3 Å². The zero-order chi connectivity index (χ0) is 10.1. The predicted octanol–water partition coefficient (Wildman–Crippen LogP) is 2.93. The van der Waals surface area contributed by atoms with Crippen molar-refractivity contribution in [1.29, 1.82) is 0 Å². The van der Waals surface area contributed by atoms with Crippen LogP contribution in [0.5, 0.6) is 0 Å². The zero-order valence-electron chi connectivity index (χ0n) is 9.09. The van der Waals surface area contributed by atoms with Gasteiger partial charge in [0.15, 0.2) is 0 Å². The molecule has 1 aliphatic carbocycles. The molecule has 0 amide bonds. The Bertz CT molecular complexity index is 330. The third-order valence-corrected chi connectivity index (χ3v) is 3.37. The van der Waals surface area contributed by atoms with Gasteiger partial charge in [-0.15, -0.1) is 0 Å². The first-order valence-corrected chi connectivity index (χ1v) is 5.53. The SMILES string of the molecule is Cc1ccc2c(c1)C(C)CC2CCN. The number of hydrogen-bond donors (Lipinski definition) is 1. The minimum absolute atomic E-state index is 0.714. The molecule has 2 unspecified atom stereocenters. The number of rotatable bonds is 2. The van der Waals surface area contributed by atoms with Gasteiger partial charge in [0, 0.05) is 0 Å². The molecule has 0 bridgehead atoms. The van der Waals surface area contributed by atoms with Gasteiger partial charge in [-0.25, -0.2) is 0 Å². The average molecular weight is 189 g/mol. The lowest BCUT2D eigenvalue weighted by Crippen LogP contribution is -2.04. The third kappa shape index (κ3) is 1.57. The molecule has 0 saturated heterocycles. The van der Waals surface area contributed by atoms with Crippen LogP contribution in [0.15, 0.2) is 18.2 Å². The highest BCUT2D eigenvalue weighted by molar-refractivity contribution is 5.40. The second kappa shape index (κ2) is 3.74. The smallest absolute Gasteiger partial charge is 0.00714 e. The molecule has 2 rings (SSSR count). The molecule has 0 aliphatic heterocycles. The molecule has 0 saturated carbocycles. The first-order chi connectivity index (χ1) is 6.72. The lowest BCUT2D eigenvalue weighted by atomic mass is 9.97. The molecule has 0 spiro atoms. The fourth-order valence-corrected chi connectivity index (χ4v) is 2.65. The number of nitrogens with two attached hydrogens (primary N) is 1. The number of hydrogen-bond acceptors (Lipinski definition) is 1. The van der Waals surface area contributed by atoms with Crippen molar-refractivity contribution < 1.29 is 0 Å². The second-order valence-electron chi connectivity index (χ2n) is 4.54. The summed E-state index contributed by atoms with van der Waals surface area (Å²) >= 11 is 0. The molecule has 1 aromatic rings.